The van der Waals surface area contributed by atoms with Gasteiger partial charge in [-0.25, -0.2) is 9.78 Å². The van der Waals surface area contributed by atoms with Crippen LogP contribution in [0.4, 0.5) is 0 Å². The maximum absolute atomic E-state index is 12.6. The summed E-state index contributed by atoms with van der Waals surface area (Å²) in [6.45, 7) is -1.55. The number of aromatic nitrogens is 4. The number of aryl methyl sites for hydroxylation is 1. The van der Waals surface area contributed by atoms with E-state index in [9.17, 15) is 4.79 Å². The summed E-state index contributed by atoms with van der Waals surface area (Å²) in [4.78, 5) is 20.4. The Bertz CT molecular complexity index is 733. The summed E-state index contributed by atoms with van der Waals surface area (Å²) in [5, 5.41) is -0.0222. The van der Waals surface area contributed by atoms with Gasteiger partial charge in [-0.2, -0.15) is 4.98 Å². The molecule has 1 aliphatic rings. The Morgan fingerprint density at radius 3 is 3.06 bits per heavy atom. The number of imidazole rings is 1. The highest BCUT2D eigenvalue weighted by Gasteiger charge is 2.22. The smallest absolute Gasteiger partial charge is 0.330 e. The maximum Gasteiger partial charge on any atom is 0.330 e. The number of hydrogen-bond acceptors (Lipinski definition) is 4. The average Bonchev–Trinajstić information content (AvgIpc) is 2.70. The minimum absolute atomic E-state index is 0.0222. The lowest BCUT2D eigenvalue weighted by atomic mass is 10.1. The fourth-order valence-corrected chi connectivity index (χ4v) is 2.38. The summed E-state index contributed by atoms with van der Waals surface area (Å²) in [7, 11) is 0. The summed E-state index contributed by atoms with van der Waals surface area (Å²) in [5.74, 6) is 0. The van der Waals surface area contributed by atoms with E-state index in [2.05, 4.69) is 9.97 Å². The number of ether oxygens (including phenoxy) is 1. The minimum atomic E-state index is -2.59. The average molecular weight is 272 g/mol. The van der Waals surface area contributed by atoms with Crippen LogP contribution in [0.5, 0.6) is 0 Å². The molecule has 0 unspecified atom stereocenters. The van der Waals surface area contributed by atoms with Crippen molar-refractivity contribution in [3.63, 3.8) is 0 Å². The van der Waals surface area contributed by atoms with E-state index in [1.807, 2.05) is 0 Å². The molecule has 0 aromatic carbocycles. The molecule has 0 aliphatic carbocycles. The summed E-state index contributed by atoms with van der Waals surface area (Å²) in [6.07, 6.45) is 2.53. The zero-order valence-electron chi connectivity index (χ0n) is 12.5. The Balaban J connectivity index is 2.30. The molecular weight excluding hydrogens is 256 g/mol. The topological polar surface area (TPSA) is 61.9 Å². The molecule has 0 amide bonds. The van der Waals surface area contributed by atoms with Gasteiger partial charge in [-0.05, 0) is 24.4 Å². The molecule has 0 N–H and O–H groups in total. The Labute approximate surface area is 112 Å². The lowest BCUT2D eigenvalue weighted by Crippen LogP contribution is -2.30. The third-order valence-corrected chi connectivity index (χ3v) is 3.33. The number of fused-ring (bicyclic) bond motifs is 1. The predicted molar refractivity (Wildman–Crippen MR) is 66.9 cm³/mol. The van der Waals surface area contributed by atoms with Crippen molar-refractivity contribution in [1.82, 2.24) is 19.1 Å². The highest BCUT2D eigenvalue weighted by molar-refractivity contribution is 6.28. The van der Waals surface area contributed by atoms with Crippen LogP contribution in [0.15, 0.2) is 11.0 Å². The second-order valence-corrected chi connectivity index (χ2v) is 4.52. The van der Waals surface area contributed by atoms with Crippen LogP contribution < -0.4 is 5.69 Å². The molecule has 1 saturated heterocycles. The third kappa shape index (κ3) is 1.72. The highest BCUT2D eigenvalue weighted by atomic mass is 35.5. The second-order valence-electron chi connectivity index (χ2n) is 4.18. The van der Waals surface area contributed by atoms with Crippen molar-refractivity contribution in [2.24, 2.45) is 6.98 Å². The van der Waals surface area contributed by atoms with E-state index in [0.717, 1.165) is 4.57 Å². The van der Waals surface area contributed by atoms with Gasteiger partial charge in [0.2, 0.25) is 5.28 Å². The Kier molecular flexibility index (Phi) is 2.10. The Morgan fingerprint density at radius 1 is 1.56 bits per heavy atom. The molecule has 96 valence electrons. The van der Waals surface area contributed by atoms with Gasteiger partial charge in [-0.3, -0.25) is 9.13 Å². The van der Waals surface area contributed by atoms with Crippen molar-refractivity contribution in [1.29, 1.82) is 0 Å². The van der Waals surface area contributed by atoms with Gasteiger partial charge in [0, 0.05) is 30.3 Å². The molecule has 18 heavy (non-hydrogen) atoms. The van der Waals surface area contributed by atoms with E-state index in [4.69, 9.17) is 20.5 Å². The first kappa shape index (κ1) is 8.66. The fraction of sp³-hybridized carbons (Fsp3) is 0.545. The molecule has 1 fully saturated rings. The van der Waals surface area contributed by atoms with Crippen LogP contribution in [0.25, 0.3) is 11.2 Å². The number of nitrogens with zero attached hydrogens (tertiary/aromatic N) is 4. The molecule has 2 aromatic rings. The van der Waals surface area contributed by atoms with Crippen molar-refractivity contribution in [3.05, 3.63) is 22.0 Å². The van der Waals surface area contributed by atoms with Crippen molar-refractivity contribution in [3.8, 4) is 0 Å². The van der Waals surface area contributed by atoms with Crippen LogP contribution in [0.1, 0.15) is 23.0 Å². The van der Waals surface area contributed by atoms with Gasteiger partial charge in [0.05, 0.1) is 6.20 Å². The van der Waals surface area contributed by atoms with Crippen LogP contribution in [-0.4, -0.2) is 32.3 Å². The normalized spacial score (nSPS) is 20.6. The Hall–Kier alpha value is -1.40. The number of rotatable bonds is 1. The zero-order valence-corrected chi connectivity index (χ0v) is 10.2. The molecule has 6 nitrogen and oxygen atoms in total. The van der Waals surface area contributed by atoms with Crippen molar-refractivity contribution in [2.75, 3.05) is 13.2 Å². The standard InChI is InChI=1S/C11H13ClN4O2/c1-15-8-6-13-10(12)14-9(8)16(11(15)17)7-2-4-18-5-3-7/h6-7H,2-5H2,1H3/i1D3. The van der Waals surface area contributed by atoms with Crippen LogP contribution in [0.2, 0.25) is 5.28 Å². The van der Waals surface area contributed by atoms with Gasteiger partial charge in [0.1, 0.15) is 5.52 Å². The lowest BCUT2D eigenvalue weighted by Gasteiger charge is -2.22. The van der Waals surface area contributed by atoms with Crippen LogP contribution in [0, 0.1) is 0 Å². The van der Waals surface area contributed by atoms with Gasteiger partial charge < -0.3 is 4.74 Å². The third-order valence-electron chi connectivity index (χ3n) is 3.14. The van der Waals surface area contributed by atoms with E-state index in [-0.39, 0.29) is 22.5 Å². The number of halogens is 1. The van der Waals surface area contributed by atoms with Crippen LogP contribution in [-0.2, 0) is 11.7 Å². The molecule has 7 heteroatoms. The molecule has 3 heterocycles. The quantitative estimate of drug-likeness (QED) is 0.730. The van der Waals surface area contributed by atoms with Crippen LogP contribution >= 0.6 is 11.6 Å². The zero-order chi connectivity index (χ0) is 15.2. The molecule has 0 atom stereocenters. The molecule has 0 saturated carbocycles. The highest BCUT2D eigenvalue weighted by Crippen LogP contribution is 2.23. The molecule has 0 spiro atoms. The minimum Gasteiger partial charge on any atom is -0.381 e. The van der Waals surface area contributed by atoms with Gasteiger partial charge in [0.25, 0.3) is 0 Å². The monoisotopic (exact) mass is 271 g/mol. The molecule has 0 bridgehead atoms. The SMILES string of the molecule is [2H]C([2H])([2H])n1c(=O)n(C2CCOCC2)c2nc(Cl)ncc21. The summed E-state index contributed by atoms with van der Waals surface area (Å²) >= 11 is 5.79. The first-order valence-corrected chi connectivity index (χ1v) is 6.01. The maximum atomic E-state index is 12.6. The van der Waals surface area contributed by atoms with Gasteiger partial charge in [-0.15, -0.1) is 0 Å². The first-order chi connectivity index (χ1) is 9.89. The first-order valence-electron chi connectivity index (χ1n) is 7.13. The lowest BCUT2D eigenvalue weighted by molar-refractivity contribution is 0.0695. The summed E-state index contributed by atoms with van der Waals surface area (Å²) < 4.78 is 30.1. The largest absolute Gasteiger partial charge is 0.381 e. The van der Waals surface area contributed by atoms with Crippen molar-refractivity contribution >= 4 is 22.8 Å². The van der Waals surface area contributed by atoms with E-state index >= 15 is 0 Å². The predicted octanol–water partition coefficient (Wildman–Crippen LogP) is 1.13. The molecule has 3 rings (SSSR count). The fourth-order valence-electron chi connectivity index (χ4n) is 2.25. The number of hydrogen-bond donors (Lipinski definition) is 0. The van der Waals surface area contributed by atoms with Crippen molar-refractivity contribution < 1.29 is 8.85 Å². The van der Waals surface area contributed by atoms with Gasteiger partial charge >= 0.3 is 5.69 Å². The van der Waals surface area contributed by atoms with Crippen molar-refractivity contribution in [2.45, 2.75) is 18.9 Å². The summed E-state index contributed by atoms with van der Waals surface area (Å²) in [5.41, 5.74) is -0.201. The molecule has 1 aliphatic heterocycles. The van der Waals surface area contributed by atoms with E-state index in [0.29, 0.717) is 26.1 Å². The van der Waals surface area contributed by atoms with E-state index in [1.165, 1.54) is 10.8 Å². The second kappa shape index (κ2) is 4.37. The van der Waals surface area contributed by atoms with E-state index in [1.54, 1.807) is 0 Å². The molecule has 0 radical (unpaired) electrons. The van der Waals surface area contributed by atoms with E-state index < -0.39 is 12.7 Å². The molecular formula is C11H13ClN4O2. The van der Waals surface area contributed by atoms with Gasteiger partial charge in [0.15, 0.2) is 5.65 Å². The summed E-state index contributed by atoms with van der Waals surface area (Å²) in [6, 6.07) is -0.150. The molecule has 2 aromatic heterocycles. The Morgan fingerprint density at radius 2 is 2.33 bits per heavy atom. The van der Waals surface area contributed by atoms with Gasteiger partial charge in [-0.1, -0.05) is 0 Å². The van der Waals surface area contributed by atoms with Crippen LogP contribution in [0.3, 0.4) is 0 Å².